The van der Waals surface area contributed by atoms with Crippen LogP contribution in [0.15, 0.2) is 115 Å². The van der Waals surface area contributed by atoms with Gasteiger partial charge in [-0.25, -0.2) is 9.97 Å². The summed E-state index contributed by atoms with van der Waals surface area (Å²) in [6.07, 6.45) is 1.81. The Hall–Kier alpha value is -5.19. The Morgan fingerprint density at radius 3 is 2.06 bits per heavy atom. The van der Waals surface area contributed by atoms with Crippen LogP contribution in [0.1, 0.15) is 43.0 Å². The van der Waals surface area contributed by atoms with Gasteiger partial charge in [0.25, 0.3) is 0 Å². The van der Waals surface area contributed by atoms with Gasteiger partial charge in [-0.05, 0) is 78.7 Å². The van der Waals surface area contributed by atoms with Crippen LogP contribution in [0.3, 0.4) is 0 Å². The van der Waals surface area contributed by atoms with E-state index in [4.69, 9.17) is 19.9 Å². The molecular formula is C43H38N5OPt-. The van der Waals surface area contributed by atoms with Crippen LogP contribution in [0.4, 0.5) is 17.2 Å². The topological polar surface area (TPSA) is 75.0 Å². The third-order valence-electron chi connectivity index (χ3n) is 8.77. The van der Waals surface area contributed by atoms with E-state index >= 15 is 0 Å². The van der Waals surface area contributed by atoms with E-state index in [2.05, 4.69) is 119 Å². The van der Waals surface area contributed by atoms with Gasteiger partial charge in [-0.1, -0.05) is 93.1 Å². The molecule has 0 unspecified atom stereocenters. The van der Waals surface area contributed by atoms with Gasteiger partial charge in [0.05, 0.1) is 17.1 Å². The minimum absolute atomic E-state index is 0. The molecule has 0 aliphatic rings. The van der Waals surface area contributed by atoms with Gasteiger partial charge in [0.1, 0.15) is 11.6 Å². The molecular weight excluding hydrogens is 798 g/mol. The number of rotatable bonds is 6. The van der Waals surface area contributed by atoms with Gasteiger partial charge in [-0.2, -0.15) is 0 Å². The number of pyridine rings is 1. The number of benzene rings is 5. The molecule has 2 aromatic heterocycles. The Balaban J connectivity index is 0.00000432. The van der Waals surface area contributed by atoms with Crippen LogP contribution in [0.2, 0.25) is 0 Å². The number of aryl methyl sites for hydroxylation is 3. The molecule has 2 heterocycles. The van der Waals surface area contributed by atoms with Crippen molar-refractivity contribution in [2.45, 2.75) is 47.0 Å². The molecule has 0 radical (unpaired) electrons. The average Bonchev–Trinajstić information content (AvgIpc) is 3.08. The van der Waals surface area contributed by atoms with Crippen molar-refractivity contribution in [3.05, 3.63) is 144 Å². The summed E-state index contributed by atoms with van der Waals surface area (Å²) >= 11 is 0. The van der Waals surface area contributed by atoms with Gasteiger partial charge < -0.3 is 10.0 Å². The molecule has 50 heavy (non-hydrogen) atoms. The minimum Gasteiger partial charge on any atom is -0.507 e. The Bertz CT molecular complexity index is 2300. The number of para-hydroxylation sites is 1. The van der Waals surface area contributed by atoms with Gasteiger partial charge >= 0.3 is 0 Å². The molecule has 7 heteroatoms. The SMILES string of the molecule is Cc1cc(C)c(-c2nc(-c3[c-]c(N(c4ccccn4)c4cccc5ccccc45)cc(C(C)(C)C)c3)nc(-c3ccccc3O)n2)c(C)c1.[Pt]. The first-order valence-corrected chi connectivity index (χ1v) is 16.5. The van der Waals surface area contributed by atoms with E-state index in [1.807, 2.05) is 36.5 Å². The molecule has 6 nitrogen and oxygen atoms in total. The second-order valence-corrected chi connectivity index (χ2v) is 13.5. The first-order valence-electron chi connectivity index (χ1n) is 16.5. The van der Waals surface area contributed by atoms with Crippen molar-refractivity contribution in [1.82, 2.24) is 19.9 Å². The van der Waals surface area contributed by atoms with Crippen LogP contribution in [0, 0.1) is 26.8 Å². The molecule has 7 rings (SSSR count). The predicted octanol–water partition coefficient (Wildman–Crippen LogP) is 10.6. The Morgan fingerprint density at radius 1 is 0.680 bits per heavy atom. The Morgan fingerprint density at radius 2 is 1.34 bits per heavy atom. The third kappa shape index (κ3) is 6.81. The summed E-state index contributed by atoms with van der Waals surface area (Å²) in [6.45, 7) is 12.8. The fourth-order valence-electron chi connectivity index (χ4n) is 6.42. The first-order chi connectivity index (χ1) is 23.6. The number of fused-ring (bicyclic) bond motifs is 1. The fourth-order valence-corrected chi connectivity index (χ4v) is 6.42. The Labute approximate surface area is 308 Å². The maximum absolute atomic E-state index is 10.9. The van der Waals surface area contributed by atoms with Crippen molar-refractivity contribution in [3.8, 4) is 39.9 Å². The van der Waals surface area contributed by atoms with Gasteiger partial charge in [-0.3, -0.25) is 9.97 Å². The summed E-state index contributed by atoms with van der Waals surface area (Å²) in [5, 5.41) is 13.1. The van der Waals surface area contributed by atoms with E-state index in [0.29, 0.717) is 28.6 Å². The second kappa shape index (κ2) is 14.0. The quantitative estimate of drug-likeness (QED) is 0.168. The fraction of sp³-hybridized carbons (Fsp3) is 0.163. The minimum atomic E-state index is -0.215. The number of aromatic nitrogens is 4. The smallest absolute Gasteiger partial charge is 0.158 e. The van der Waals surface area contributed by atoms with Crippen LogP contribution in [-0.4, -0.2) is 25.0 Å². The molecule has 0 aliphatic carbocycles. The maximum Gasteiger partial charge on any atom is 0.158 e. The number of hydrogen-bond donors (Lipinski definition) is 1. The van der Waals surface area contributed by atoms with Crippen LogP contribution in [0.25, 0.3) is 44.9 Å². The zero-order valence-electron chi connectivity index (χ0n) is 29.0. The van der Waals surface area contributed by atoms with Crippen molar-refractivity contribution in [1.29, 1.82) is 0 Å². The molecule has 0 spiro atoms. The molecule has 1 N–H and O–H groups in total. The number of aromatic hydroxyl groups is 1. The van der Waals surface area contributed by atoms with Crippen molar-refractivity contribution >= 4 is 28.0 Å². The van der Waals surface area contributed by atoms with Crippen LogP contribution in [-0.2, 0) is 26.5 Å². The van der Waals surface area contributed by atoms with E-state index in [-0.39, 0.29) is 32.2 Å². The maximum atomic E-state index is 10.9. The summed E-state index contributed by atoms with van der Waals surface area (Å²) in [5.41, 5.74) is 8.19. The van der Waals surface area contributed by atoms with Crippen molar-refractivity contribution in [3.63, 3.8) is 0 Å². The van der Waals surface area contributed by atoms with Crippen LogP contribution in [0.5, 0.6) is 5.75 Å². The van der Waals surface area contributed by atoms with Gasteiger partial charge in [0.2, 0.25) is 0 Å². The van der Waals surface area contributed by atoms with E-state index in [9.17, 15) is 5.11 Å². The van der Waals surface area contributed by atoms with Crippen molar-refractivity contribution < 1.29 is 26.2 Å². The molecule has 0 fully saturated rings. The predicted molar refractivity (Wildman–Crippen MR) is 200 cm³/mol. The molecule has 7 aromatic rings. The summed E-state index contributed by atoms with van der Waals surface area (Å²) in [5.74, 6) is 2.28. The molecule has 0 bridgehead atoms. The second-order valence-electron chi connectivity index (χ2n) is 13.5. The van der Waals surface area contributed by atoms with E-state index in [0.717, 1.165) is 50.2 Å². The number of phenolic OH excluding ortho intramolecular Hbond substituents is 1. The molecule has 252 valence electrons. The summed E-state index contributed by atoms with van der Waals surface area (Å²) in [6, 6.07) is 40.1. The number of anilines is 3. The van der Waals surface area contributed by atoms with E-state index in [1.165, 1.54) is 5.56 Å². The Kier molecular flexibility index (Phi) is 9.68. The molecule has 0 atom stereocenters. The normalized spacial score (nSPS) is 11.3. The number of phenols is 1. The van der Waals surface area contributed by atoms with Crippen molar-refractivity contribution in [2.75, 3.05) is 4.90 Å². The number of hydrogen-bond acceptors (Lipinski definition) is 6. The summed E-state index contributed by atoms with van der Waals surface area (Å²) in [4.78, 5) is 22.1. The number of nitrogens with zero attached hydrogens (tertiary/aromatic N) is 5. The van der Waals surface area contributed by atoms with E-state index < -0.39 is 0 Å². The largest absolute Gasteiger partial charge is 0.507 e. The molecule has 5 aromatic carbocycles. The molecule has 0 saturated heterocycles. The molecule has 0 amide bonds. The van der Waals surface area contributed by atoms with Gasteiger partial charge in [0, 0.05) is 38.2 Å². The zero-order valence-corrected chi connectivity index (χ0v) is 31.2. The van der Waals surface area contributed by atoms with Crippen LogP contribution < -0.4 is 4.90 Å². The van der Waals surface area contributed by atoms with Crippen LogP contribution >= 0.6 is 0 Å². The molecule has 0 aliphatic heterocycles. The van der Waals surface area contributed by atoms with E-state index in [1.54, 1.807) is 12.1 Å². The monoisotopic (exact) mass is 835 g/mol. The first kappa shape index (κ1) is 34.7. The zero-order chi connectivity index (χ0) is 34.3. The standard InChI is InChI=1S/C43H38N5O.Pt/c1-27-22-28(2)39(29(3)23-27)42-46-40(45-41(47-42)35-17-9-10-19-37(35)49)31-24-32(43(4,5)6)26-33(25-31)48(38-20-11-12-21-44-38)36-18-13-15-30-14-7-8-16-34(30)36;/h7-24,26,49H,1-6H3;/q-1;. The van der Waals surface area contributed by atoms with Gasteiger partial charge in [-0.15, -0.1) is 29.3 Å². The summed E-state index contributed by atoms with van der Waals surface area (Å²) < 4.78 is 0. The summed E-state index contributed by atoms with van der Waals surface area (Å²) in [7, 11) is 0. The third-order valence-corrected chi connectivity index (χ3v) is 8.77. The molecule has 0 saturated carbocycles. The average molecular weight is 836 g/mol. The van der Waals surface area contributed by atoms with Crippen molar-refractivity contribution in [2.24, 2.45) is 0 Å². The van der Waals surface area contributed by atoms with Gasteiger partial charge in [0.15, 0.2) is 11.6 Å².